The van der Waals surface area contributed by atoms with Crippen LogP contribution in [0.2, 0.25) is 0 Å². The summed E-state index contributed by atoms with van der Waals surface area (Å²) in [5.74, 6) is -0.455. The first-order valence-electron chi connectivity index (χ1n) is 8.74. The lowest BCUT2D eigenvalue weighted by molar-refractivity contribution is 0.182. The van der Waals surface area contributed by atoms with Crippen molar-refractivity contribution in [3.63, 3.8) is 0 Å². The van der Waals surface area contributed by atoms with Crippen LogP contribution in [-0.4, -0.2) is 61.1 Å². The summed E-state index contributed by atoms with van der Waals surface area (Å²) >= 11 is 0. The average Bonchev–Trinajstić information content (AvgIpc) is 2.61. The number of carbonyl (C=O) groups is 1. The molecule has 150 valence electrons. The molecule has 1 aliphatic rings. The molecule has 1 aromatic heterocycles. The highest BCUT2D eigenvalue weighted by molar-refractivity contribution is 7.88. The summed E-state index contributed by atoms with van der Waals surface area (Å²) in [6.45, 7) is 2.41. The fraction of sp³-hybridized carbons (Fsp3) is 0.333. The molecule has 0 atom stereocenters. The van der Waals surface area contributed by atoms with Crippen molar-refractivity contribution in [3.05, 3.63) is 54.1 Å². The summed E-state index contributed by atoms with van der Waals surface area (Å²) < 4.78 is 38.6. The third kappa shape index (κ3) is 5.72. The van der Waals surface area contributed by atoms with Crippen LogP contribution in [0.1, 0.15) is 5.56 Å². The number of aromatic nitrogens is 1. The van der Waals surface area contributed by atoms with E-state index in [4.69, 9.17) is 0 Å². The Morgan fingerprint density at radius 2 is 1.86 bits per heavy atom. The normalized spacial score (nSPS) is 15.9. The molecule has 1 aromatic carbocycles. The fourth-order valence-corrected chi connectivity index (χ4v) is 3.85. The Morgan fingerprint density at radius 3 is 2.50 bits per heavy atom. The first kappa shape index (κ1) is 20.2. The smallest absolute Gasteiger partial charge is 0.308 e. The molecule has 10 heteroatoms. The highest BCUT2D eigenvalue weighted by Crippen LogP contribution is 2.18. The minimum Gasteiger partial charge on any atom is -0.308 e. The second-order valence-corrected chi connectivity index (χ2v) is 8.59. The van der Waals surface area contributed by atoms with Gasteiger partial charge in [-0.1, -0.05) is 0 Å². The highest BCUT2D eigenvalue weighted by Gasteiger charge is 2.23. The number of hydrogen-bond donors (Lipinski definition) is 2. The van der Waals surface area contributed by atoms with Gasteiger partial charge in [0, 0.05) is 44.6 Å². The number of piperazine rings is 1. The highest BCUT2D eigenvalue weighted by atomic mass is 32.2. The molecule has 2 N–H and O–H groups in total. The van der Waals surface area contributed by atoms with E-state index < -0.39 is 21.9 Å². The lowest BCUT2D eigenvalue weighted by Gasteiger charge is -2.33. The Balaban J connectivity index is 1.60. The van der Waals surface area contributed by atoms with E-state index in [2.05, 4.69) is 20.5 Å². The van der Waals surface area contributed by atoms with E-state index in [1.54, 1.807) is 24.4 Å². The lowest BCUT2D eigenvalue weighted by atomic mass is 10.1. The first-order valence-corrected chi connectivity index (χ1v) is 10.6. The predicted octanol–water partition coefficient (Wildman–Crippen LogP) is 1.94. The molecule has 0 aliphatic carbocycles. The number of sulfonamides is 1. The maximum absolute atomic E-state index is 14.0. The van der Waals surface area contributed by atoms with Crippen LogP contribution >= 0.6 is 0 Å². The Hall–Kier alpha value is -2.56. The molecule has 1 fully saturated rings. The van der Waals surface area contributed by atoms with E-state index in [-0.39, 0.29) is 0 Å². The van der Waals surface area contributed by atoms with Crippen LogP contribution in [0.15, 0.2) is 42.7 Å². The molecule has 0 bridgehead atoms. The SMILES string of the molecule is CS(=O)(=O)N1CCN(Cc2cc(F)cc(NC(=O)Nc3cccnc3)c2)CC1. The van der Waals surface area contributed by atoms with Gasteiger partial charge in [-0.25, -0.2) is 17.6 Å². The predicted molar refractivity (Wildman–Crippen MR) is 105 cm³/mol. The first-order chi connectivity index (χ1) is 13.3. The van der Waals surface area contributed by atoms with Gasteiger partial charge in [-0.05, 0) is 35.9 Å². The van der Waals surface area contributed by atoms with Crippen molar-refractivity contribution in [1.29, 1.82) is 0 Å². The number of benzene rings is 1. The quantitative estimate of drug-likeness (QED) is 0.790. The van der Waals surface area contributed by atoms with E-state index in [1.165, 1.54) is 28.9 Å². The van der Waals surface area contributed by atoms with Crippen molar-refractivity contribution in [1.82, 2.24) is 14.2 Å². The number of halogens is 1. The van der Waals surface area contributed by atoms with Crippen LogP contribution in [-0.2, 0) is 16.6 Å². The minimum atomic E-state index is -3.19. The molecule has 1 aliphatic heterocycles. The van der Waals surface area contributed by atoms with E-state index in [0.717, 1.165) is 0 Å². The Labute approximate surface area is 163 Å². The van der Waals surface area contributed by atoms with Gasteiger partial charge < -0.3 is 10.6 Å². The molecule has 0 saturated carbocycles. The topological polar surface area (TPSA) is 94.6 Å². The monoisotopic (exact) mass is 407 g/mol. The number of carbonyl (C=O) groups excluding carboxylic acids is 1. The number of hydrogen-bond acceptors (Lipinski definition) is 5. The minimum absolute atomic E-state index is 0.339. The second-order valence-electron chi connectivity index (χ2n) is 6.61. The number of urea groups is 1. The zero-order chi connectivity index (χ0) is 20.1. The Kier molecular flexibility index (Phi) is 6.22. The molecule has 0 radical (unpaired) electrons. The molecular formula is C18H22FN5O3S. The largest absolute Gasteiger partial charge is 0.323 e. The van der Waals surface area contributed by atoms with Gasteiger partial charge in [0.2, 0.25) is 10.0 Å². The van der Waals surface area contributed by atoms with Crippen molar-refractivity contribution in [2.75, 3.05) is 43.1 Å². The number of nitrogens with zero attached hydrogens (tertiary/aromatic N) is 3. The van der Waals surface area contributed by atoms with Gasteiger partial charge in [-0.15, -0.1) is 0 Å². The van der Waals surface area contributed by atoms with Gasteiger partial charge in [-0.3, -0.25) is 9.88 Å². The summed E-state index contributed by atoms with van der Waals surface area (Å²) in [7, 11) is -3.19. The summed E-state index contributed by atoms with van der Waals surface area (Å²) in [4.78, 5) is 18.0. The lowest BCUT2D eigenvalue weighted by Crippen LogP contribution is -2.47. The van der Waals surface area contributed by atoms with Gasteiger partial charge in [0.15, 0.2) is 0 Å². The summed E-state index contributed by atoms with van der Waals surface area (Å²) in [5.41, 5.74) is 1.57. The summed E-state index contributed by atoms with van der Waals surface area (Å²) in [6, 6.07) is 7.25. The van der Waals surface area contributed by atoms with Crippen molar-refractivity contribution in [3.8, 4) is 0 Å². The maximum atomic E-state index is 14.0. The van der Waals surface area contributed by atoms with E-state index in [1.807, 2.05) is 0 Å². The molecule has 2 aromatic rings. The van der Waals surface area contributed by atoms with Gasteiger partial charge >= 0.3 is 6.03 Å². The van der Waals surface area contributed by atoms with Crippen LogP contribution in [0.3, 0.4) is 0 Å². The average molecular weight is 407 g/mol. The molecule has 2 heterocycles. The summed E-state index contributed by atoms with van der Waals surface area (Å²) in [6.07, 6.45) is 4.30. The molecule has 8 nitrogen and oxygen atoms in total. The van der Waals surface area contributed by atoms with Crippen LogP contribution in [0.4, 0.5) is 20.6 Å². The van der Waals surface area contributed by atoms with Crippen LogP contribution < -0.4 is 10.6 Å². The molecule has 0 unspecified atom stereocenters. The zero-order valence-corrected chi connectivity index (χ0v) is 16.2. The Morgan fingerprint density at radius 1 is 1.14 bits per heavy atom. The van der Waals surface area contributed by atoms with E-state index in [9.17, 15) is 17.6 Å². The van der Waals surface area contributed by atoms with Crippen molar-refractivity contribution < 1.29 is 17.6 Å². The second kappa shape index (κ2) is 8.63. The van der Waals surface area contributed by atoms with Gasteiger partial charge in [0.1, 0.15) is 5.82 Å². The summed E-state index contributed by atoms with van der Waals surface area (Å²) in [5, 5.41) is 5.23. The Bertz CT molecular complexity index is 931. The van der Waals surface area contributed by atoms with Crippen LogP contribution in [0, 0.1) is 5.82 Å². The molecule has 0 spiro atoms. The van der Waals surface area contributed by atoms with Gasteiger partial charge in [-0.2, -0.15) is 4.31 Å². The third-order valence-electron chi connectivity index (χ3n) is 4.34. The standard InChI is InChI=1S/C18H22FN5O3S/c1-28(26,27)24-7-5-23(6-8-24)13-14-9-15(19)11-17(10-14)22-18(25)21-16-3-2-4-20-12-16/h2-4,9-12H,5-8,13H2,1H3,(H2,21,22,25). The van der Waals surface area contributed by atoms with Crippen LogP contribution in [0.5, 0.6) is 0 Å². The van der Waals surface area contributed by atoms with Crippen molar-refractivity contribution in [2.24, 2.45) is 0 Å². The molecule has 28 heavy (non-hydrogen) atoms. The zero-order valence-electron chi connectivity index (χ0n) is 15.4. The molecule has 2 amide bonds. The third-order valence-corrected chi connectivity index (χ3v) is 5.64. The van der Waals surface area contributed by atoms with Gasteiger partial charge in [0.05, 0.1) is 18.1 Å². The number of pyridine rings is 1. The van der Waals surface area contributed by atoms with Crippen LogP contribution in [0.25, 0.3) is 0 Å². The van der Waals surface area contributed by atoms with Gasteiger partial charge in [0.25, 0.3) is 0 Å². The van der Waals surface area contributed by atoms with Crippen molar-refractivity contribution >= 4 is 27.4 Å². The van der Waals surface area contributed by atoms with E-state index >= 15 is 0 Å². The number of anilines is 2. The maximum Gasteiger partial charge on any atom is 0.323 e. The fourth-order valence-electron chi connectivity index (χ4n) is 3.02. The number of nitrogens with one attached hydrogen (secondary N) is 2. The van der Waals surface area contributed by atoms with E-state index in [0.29, 0.717) is 49.7 Å². The number of rotatable bonds is 5. The molecular weight excluding hydrogens is 385 g/mol. The van der Waals surface area contributed by atoms with Crippen molar-refractivity contribution in [2.45, 2.75) is 6.54 Å². The number of amides is 2. The molecule has 1 saturated heterocycles. The molecule has 3 rings (SSSR count).